The van der Waals surface area contributed by atoms with E-state index in [1.54, 1.807) is 36.4 Å². The lowest BCUT2D eigenvalue weighted by molar-refractivity contribution is -0.384. The standard InChI is InChI=1S/C19H16N4O5S/c24-19(20-14-5-2-1-3-6-14)21-15-7-4-8-16(13-15)22-29(27,28)18-11-9-17(10-12-18)23(25)26/h1-13,22H,(H2,20,21,24). The van der Waals surface area contributed by atoms with Gasteiger partial charge in [-0.25, -0.2) is 13.2 Å². The molecule has 0 bridgehead atoms. The van der Waals surface area contributed by atoms with Crippen LogP contribution in [0.1, 0.15) is 0 Å². The molecule has 10 heteroatoms. The van der Waals surface area contributed by atoms with Gasteiger partial charge in [-0.3, -0.25) is 14.8 Å². The van der Waals surface area contributed by atoms with E-state index in [0.717, 1.165) is 24.3 Å². The van der Waals surface area contributed by atoms with Gasteiger partial charge in [-0.2, -0.15) is 0 Å². The normalized spacial score (nSPS) is 10.8. The third-order valence-corrected chi connectivity index (χ3v) is 5.16. The Morgan fingerprint density at radius 2 is 1.38 bits per heavy atom. The predicted octanol–water partition coefficient (Wildman–Crippen LogP) is 4.04. The third-order valence-electron chi connectivity index (χ3n) is 3.76. The van der Waals surface area contributed by atoms with Crippen molar-refractivity contribution in [1.29, 1.82) is 0 Å². The first-order valence-corrected chi connectivity index (χ1v) is 9.82. The van der Waals surface area contributed by atoms with Crippen molar-refractivity contribution < 1.29 is 18.1 Å². The molecule has 3 aromatic carbocycles. The fraction of sp³-hybridized carbons (Fsp3) is 0. The molecule has 29 heavy (non-hydrogen) atoms. The first kappa shape index (κ1) is 19.8. The van der Waals surface area contributed by atoms with Gasteiger partial charge in [0.1, 0.15) is 0 Å². The number of nitro benzene ring substituents is 1. The van der Waals surface area contributed by atoms with Crippen LogP contribution in [0.4, 0.5) is 27.5 Å². The molecule has 0 fully saturated rings. The van der Waals surface area contributed by atoms with Crippen molar-refractivity contribution in [2.75, 3.05) is 15.4 Å². The zero-order chi connectivity index (χ0) is 20.9. The van der Waals surface area contributed by atoms with Crippen LogP contribution in [0, 0.1) is 10.1 Å². The molecule has 0 spiro atoms. The Bertz CT molecular complexity index is 1130. The Morgan fingerprint density at radius 1 is 0.793 bits per heavy atom. The fourth-order valence-electron chi connectivity index (χ4n) is 2.44. The minimum absolute atomic E-state index is 0.122. The summed E-state index contributed by atoms with van der Waals surface area (Å²) in [7, 11) is -3.95. The van der Waals surface area contributed by atoms with Gasteiger partial charge in [-0.15, -0.1) is 0 Å². The maximum Gasteiger partial charge on any atom is 0.323 e. The summed E-state index contributed by atoms with van der Waals surface area (Å²) in [4.78, 5) is 22.0. The number of amides is 2. The van der Waals surface area contributed by atoms with Crippen LogP contribution in [0.2, 0.25) is 0 Å². The summed E-state index contributed by atoms with van der Waals surface area (Å²) < 4.78 is 27.3. The molecule has 0 atom stereocenters. The number of hydrogen-bond acceptors (Lipinski definition) is 5. The summed E-state index contributed by atoms with van der Waals surface area (Å²) in [6.07, 6.45) is 0. The van der Waals surface area contributed by atoms with E-state index in [2.05, 4.69) is 15.4 Å². The van der Waals surface area contributed by atoms with Gasteiger partial charge < -0.3 is 10.6 Å². The molecule has 0 aromatic heterocycles. The molecular weight excluding hydrogens is 396 g/mol. The maximum absolute atomic E-state index is 12.5. The minimum Gasteiger partial charge on any atom is -0.308 e. The van der Waals surface area contributed by atoms with Crippen molar-refractivity contribution >= 4 is 38.8 Å². The molecule has 0 aliphatic heterocycles. The number of non-ortho nitro benzene ring substituents is 1. The highest BCUT2D eigenvalue weighted by molar-refractivity contribution is 7.92. The highest BCUT2D eigenvalue weighted by atomic mass is 32.2. The van der Waals surface area contributed by atoms with E-state index in [4.69, 9.17) is 0 Å². The molecule has 0 saturated heterocycles. The SMILES string of the molecule is O=C(Nc1ccccc1)Nc1cccc(NS(=O)(=O)c2ccc([N+](=O)[O-])cc2)c1. The molecule has 0 unspecified atom stereocenters. The van der Waals surface area contributed by atoms with Gasteiger partial charge in [0.15, 0.2) is 0 Å². The van der Waals surface area contributed by atoms with Gasteiger partial charge in [-0.1, -0.05) is 24.3 Å². The second kappa shape index (κ2) is 8.40. The lowest BCUT2D eigenvalue weighted by atomic mass is 10.3. The number of sulfonamides is 1. The number of hydrogen-bond donors (Lipinski definition) is 3. The van der Waals surface area contributed by atoms with Crippen molar-refractivity contribution in [3.05, 3.63) is 89.0 Å². The minimum atomic E-state index is -3.95. The first-order chi connectivity index (χ1) is 13.8. The quantitative estimate of drug-likeness (QED) is 0.415. The highest BCUT2D eigenvalue weighted by Gasteiger charge is 2.16. The zero-order valence-corrected chi connectivity index (χ0v) is 15.7. The van der Waals surface area contributed by atoms with Crippen LogP contribution in [0.15, 0.2) is 83.8 Å². The van der Waals surface area contributed by atoms with E-state index >= 15 is 0 Å². The number of anilines is 3. The maximum atomic E-state index is 12.5. The Hall–Kier alpha value is -3.92. The summed E-state index contributed by atoms with van der Waals surface area (Å²) >= 11 is 0. The number of urea groups is 1. The Labute approximate surface area is 166 Å². The van der Waals surface area contributed by atoms with Crippen LogP contribution in [0.3, 0.4) is 0 Å². The molecule has 0 saturated carbocycles. The Kier molecular flexibility index (Phi) is 5.74. The molecule has 3 N–H and O–H groups in total. The summed E-state index contributed by atoms with van der Waals surface area (Å²) in [5.74, 6) is 0. The highest BCUT2D eigenvalue weighted by Crippen LogP contribution is 2.21. The van der Waals surface area contributed by atoms with Crippen molar-refractivity contribution in [2.45, 2.75) is 4.90 Å². The van der Waals surface area contributed by atoms with Crippen LogP contribution >= 0.6 is 0 Å². The number of rotatable bonds is 6. The van der Waals surface area contributed by atoms with Gasteiger partial charge in [0.05, 0.1) is 15.5 Å². The lowest BCUT2D eigenvalue weighted by Gasteiger charge is -2.11. The van der Waals surface area contributed by atoms with E-state index < -0.39 is 21.0 Å². The molecule has 3 rings (SSSR count). The number of carbonyl (C=O) groups excluding carboxylic acids is 1. The van der Waals surface area contributed by atoms with Crippen molar-refractivity contribution in [1.82, 2.24) is 0 Å². The van der Waals surface area contributed by atoms with E-state index in [1.165, 1.54) is 12.1 Å². The third kappa shape index (κ3) is 5.30. The smallest absolute Gasteiger partial charge is 0.308 e. The zero-order valence-electron chi connectivity index (χ0n) is 14.9. The van der Waals surface area contributed by atoms with Gasteiger partial charge in [0.25, 0.3) is 15.7 Å². The molecular formula is C19H16N4O5S. The largest absolute Gasteiger partial charge is 0.323 e. The van der Waals surface area contributed by atoms with E-state index in [0.29, 0.717) is 11.4 Å². The Morgan fingerprint density at radius 3 is 2.03 bits per heavy atom. The molecule has 148 valence electrons. The average molecular weight is 412 g/mol. The second-order valence-electron chi connectivity index (χ2n) is 5.88. The number of benzene rings is 3. The number of nitro groups is 1. The summed E-state index contributed by atoms with van der Waals surface area (Å²) in [5.41, 5.74) is 1.00. The first-order valence-electron chi connectivity index (χ1n) is 8.34. The van der Waals surface area contributed by atoms with E-state index in [1.807, 2.05) is 6.07 Å². The summed E-state index contributed by atoms with van der Waals surface area (Å²) in [5, 5.41) is 16.0. The molecule has 0 aliphatic rings. The molecule has 9 nitrogen and oxygen atoms in total. The molecule has 3 aromatic rings. The number of nitrogens with zero attached hydrogens (tertiary/aromatic N) is 1. The van der Waals surface area contributed by atoms with Gasteiger partial charge in [-0.05, 0) is 42.5 Å². The van der Waals surface area contributed by atoms with Gasteiger partial charge >= 0.3 is 6.03 Å². The average Bonchev–Trinajstić information content (AvgIpc) is 2.68. The summed E-state index contributed by atoms with van der Waals surface area (Å²) in [6.45, 7) is 0. The van der Waals surface area contributed by atoms with Gasteiger partial charge in [0.2, 0.25) is 0 Å². The van der Waals surface area contributed by atoms with E-state index in [9.17, 15) is 23.3 Å². The molecule has 0 radical (unpaired) electrons. The summed E-state index contributed by atoms with van der Waals surface area (Å²) in [6, 6.07) is 19.0. The van der Waals surface area contributed by atoms with Crippen molar-refractivity contribution in [3.8, 4) is 0 Å². The number of para-hydroxylation sites is 1. The van der Waals surface area contributed by atoms with Crippen LogP contribution in [0.25, 0.3) is 0 Å². The van der Waals surface area contributed by atoms with Gasteiger partial charge in [0, 0.05) is 23.5 Å². The van der Waals surface area contributed by atoms with Crippen molar-refractivity contribution in [2.24, 2.45) is 0 Å². The van der Waals surface area contributed by atoms with Crippen LogP contribution in [0.5, 0.6) is 0 Å². The van der Waals surface area contributed by atoms with E-state index in [-0.39, 0.29) is 16.3 Å². The van der Waals surface area contributed by atoms with Crippen LogP contribution < -0.4 is 15.4 Å². The fourth-order valence-corrected chi connectivity index (χ4v) is 3.49. The molecule has 0 heterocycles. The topological polar surface area (TPSA) is 130 Å². The predicted molar refractivity (Wildman–Crippen MR) is 109 cm³/mol. The van der Waals surface area contributed by atoms with Crippen LogP contribution in [-0.4, -0.2) is 19.4 Å². The number of nitrogens with one attached hydrogen (secondary N) is 3. The molecule has 2 amide bonds. The van der Waals surface area contributed by atoms with Crippen LogP contribution in [-0.2, 0) is 10.0 Å². The Balaban J connectivity index is 1.70. The monoisotopic (exact) mass is 412 g/mol. The molecule has 0 aliphatic carbocycles. The van der Waals surface area contributed by atoms with Crippen molar-refractivity contribution in [3.63, 3.8) is 0 Å². The second-order valence-corrected chi connectivity index (χ2v) is 7.56. The number of carbonyl (C=O) groups is 1. The lowest BCUT2D eigenvalue weighted by Crippen LogP contribution is -2.19.